The summed E-state index contributed by atoms with van der Waals surface area (Å²) in [5.41, 5.74) is 4.96. The van der Waals surface area contributed by atoms with Crippen LogP contribution >= 0.6 is 11.6 Å². The van der Waals surface area contributed by atoms with Crippen LogP contribution in [0.25, 0.3) is 5.69 Å². The minimum Gasteiger partial charge on any atom is -0.369 e. The molecule has 30 heavy (non-hydrogen) atoms. The molecule has 1 aromatic heterocycles. The predicted molar refractivity (Wildman–Crippen MR) is 126 cm³/mol. The number of piperazine rings is 1. The average Bonchev–Trinajstić information content (AvgIpc) is 3.18. The highest BCUT2D eigenvalue weighted by atomic mass is 35.5. The quantitative estimate of drug-likeness (QED) is 0.496. The number of hydrogen-bond donors (Lipinski definition) is 0. The smallest absolute Gasteiger partial charge is 0.0648 e. The fraction of sp³-hybridized carbons (Fsp3) is 0.400. The molecule has 1 aliphatic heterocycles. The third-order valence-corrected chi connectivity index (χ3v) is 6.06. The minimum atomic E-state index is 0.800. The molecule has 0 saturated carbocycles. The second kappa shape index (κ2) is 10.1. The normalized spacial score (nSPS) is 14.9. The van der Waals surface area contributed by atoms with E-state index >= 15 is 0 Å². The molecule has 2 heterocycles. The first kappa shape index (κ1) is 21.0. The molecule has 0 unspecified atom stereocenters. The van der Waals surface area contributed by atoms with Crippen LogP contribution in [-0.4, -0.2) is 47.4 Å². The number of anilines is 1. The van der Waals surface area contributed by atoms with Crippen LogP contribution in [0.1, 0.15) is 31.2 Å². The van der Waals surface area contributed by atoms with E-state index in [4.69, 9.17) is 16.7 Å². The molecular formula is C25H31ClN4. The highest BCUT2D eigenvalue weighted by Crippen LogP contribution is 2.20. The molecule has 5 heteroatoms. The molecule has 0 aliphatic carbocycles. The van der Waals surface area contributed by atoms with Gasteiger partial charge in [-0.1, -0.05) is 43.1 Å². The van der Waals surface area contributed by atoms with Gasteiger partial charge in [0.25, 0.3) is 0 Å². The van der Waals surface area contributed by atoms with E-state index in [2.05, 4.69) is 69.9 Å². The second-order valence-corrected chi connectivity index (χ2v) is 8.47. The van der Waals surface area contributed by atoms with Crippen molar-refractivity contribution in [3.63, 3.8) is 0 Å². The van der Waals surface area contributed by atoms with E-state index in [9.17, 15) is 0 Å². The lowest BCUT2D eigenvalue weighted by Crippen LogP contribution is -2.46. The first-order chi connectivity index (χ1) is 14.7. The van der Waals surface area contributed by atoms with Crippen molar-refractivity contribution in [3.8, 4) is 5.69 Å². The molecule has 2 aromatic carbocycles. The van der Waals surface area contributed by atoms with Crippen molar-refractivity contribution in [1.82, 2.24) is 14.7 Å². The molecule has 0 radical (unpaired) electrons. The van der Waals surface area contributed by atoms with Gasteiger partial charge in [0.2, 0.25) is 0 Å². The van der Waals surface area contributed by atoms with E-state index in [0.717, 1.165) is 69.1 Å². The maximum absolute atomic E-state index is 6.02. The van der Waals surface area contributed by atoms with Crippen molar-refractivity contribution in [2.24, 2.45) is 0 Å². The van der Waals surface area contributed by atoms with Crippen LogP contribution in [0.3, 0.4) is 0 Å². The lowest BCUT2D eigenvalue weighted by Gasteiger charge is -2.36. The fourth-order valence-corrected chi connectivity index (χ4v) is 4.32. The average molecular weight is 423 g/mol. The topological polar surface area (TPSA) is 24.3 Å². The maximum atomic E-state index is 6.02. The summed E-state index contributed by atoms with van der Waals surface area (Å²) >= 11 is 6.02. The Labute approximate surface area is 185 Å². The molecule has 4 rings (SSSR count). The maximum Gasteiger partial charge on any atom is 0.0648 e. The summed E-state index contributed by atoms with van der Waals surface area (Å²) in [7, 11) is 0. The fourth-order valence-electron chi connectivity index (χ4n) is 4.19. The van der Waals surface area contributed by atoms with Gasteiger partial charge in [0, 0.05) is 42.6 Å². The van der Waals surface area contributed by atoms with Crippen LogP contribution in [0, 0.1) is 0 Å². The van der Waals surface area contributed by atoms with E-state index in [1.807, 2.05) is 12.1 Å². The molecule has 3 aromatic rings. The molecular weight excluding hydrogens is 392 g/mol. The Bertz CT molecular complexity index is 912. The molecule has 1 saturated heterocycles. The van der Waals surface area contributed by atoms with Crippen LogP contribution in [0.5, 0.6) is 0 Å². The van der Waals surface area contributed by atoms with Crippen molar-refractivity contribution in [1.29, 1.82) is 0 Å². The number of para-hydroxylation sites is 1. The third-order valence-electron chi connectivity index (χ3n) is 5.81. The Hall–Kier alpha value is -2.30. The van der Waals surface area contributed by atoms with Crippen molar-refractivity contribution < 1.29 is 0 Å². The Balaban J connectivity index is 1.31. The summed E-state index contributed by atoms with van der Waals surface area (Å²) in [4.78, 5) is 5.04. The van der Waals surface area contributed by atoms with Crippen molar-refractivity contribution >= 4 is 17.3 Å². The van der Waals surface area contributed by atoms with Gasteiger partial charge < -0.3 is 4.90 Å². The first-order valence-electron chi connectivity index (χ1n) is 11.1. The number of aryl methyl sites for hydroxylation is 2. The Morgan fingerprint density at radius 3 is 2.30 bits per heavy atom. The van der Waals surface area contributed by atoms with Crippen LogP contribution in [-0.2, 0) is 12.8 Å². The summed E-state index contributed by atoms with van der Waals surface area (Å²) in [6.45, 7) is 7.72. The third kappa shape index (κ3) is 5.24. The molecule has 0 spiro atoms. The van der Waals surface area contributed by atoms with Gasteiger partial charge in [0.1, 0.15) is 0 Å². The zero-order chi connectivity index (χ0) is 20.8. The number of nitrogens with zero attached hydrogens (tertiary/aromatic N) is 4. The molecule has 0 bridgehead atoms. The zero-order valence-corrected chi connectivity index (χ0v) is 18.6. The zero-order valence-electron chi connectivity index (χ0n) is 17.8. The van der Waals surface area contributed by atoms with Gasteiger partial charge in [-0.15, -0.1) is 0 Å². The lowest BCUT2D eigenvalue weighted by molar-refractivity contribution is 0.254. The van der Waals surface area contributed by atoms with Gasteiger partial charge >= 0.3 is 0 Å². The lowest BCUT2D eigenvalue weighted by atomic mass is 10.1. The number of aromatic nitrogens is 2. The molecule has 158 valence electrons. The predicted octanol–water partition coefficient (Wildman–Crippen LogP) is 5.23. The number of benzene rings is 2. The molecule has 0 N–H and O–H groups in total. The molecule has 0 amide bonds. The highest BCUT2D eigenvalue weighted by molar-refractivity contribution is 6.30. The summed E-state index contributed by atoms with van der Waals surface area (Å²) in [5.74, 6) is 0. The Morgan fingerprint density at radius 1 is 0.867 bits per heavy atom. The molecule has 0 atom stereocenters. The van der Waals surface area contributed by atoms with Gasteiger partial charge in [-0.3, -0.25) is 4.90 Å². The number of halogens is 1. The van der Waals surface area contributed by atoms with Gasteiger partial charge in [0.15, 0.2) is 0 Å². The summed E-state index contributed by atoms with van der Waals surface area (Å²) < 4.78 is 2.14. The van der Waals surface area contributed by atoms with E-state index < -0.39 is 0 Å². The Kier molecular flexibility index (Phi) is 7.08. The van der Waals surface area contributed by atoms with Gasteiger partial charge in [-0.2, -0.15) is 5.10 Å². The van der Waals surface area contributed by atoms with Gasteiger partial charge in [-0.05, 0) is 68.3 Å². The van der Waals surface area contributed by atoms with Crippen LogP contribution in [0.4, 0.5) is 5.69 Å². The van der Waals surface area contributed by atoms with Crippen molar-refractivity contribution in [2.45, 2.75) is 32.6 Å². The molecule has 1 fully saturated rings. The van der Waals surface area contributed by atoms with Crippen LogP contribution in [0.2, 0.25) is 5.02 Å². The van der Waals surface area contributed by atoms with Crippen LogP contribution < -0.4 is 4.90 Å². The van der Waals surface area contributed by atoms with E-state index in [0.29, 0.717) is 0 Å². The van der Waals surface area contributed by atoms with E-state index in [-0.39, 0.29) is 0 Å². The number of rotatable bonds is 8. The standard InChI is InChI=1S/C25H31ClN4/c1-2-7-22-20-25(30(27-22)24-8-4-3-5-9-24)10-6-15-28-16-18-29(19-17-28)23-13-11-21(26)12-14-23/h3-5,8-9,11-14,20H,2,6-7,10,15-19H2,1H3. The van der Waals surface area contributed by atoms with Crippen molar-refractivity contribution in [2.75, 3.05) is 37.6 Å². The van der Waals surface area contributed by atoms with Gasteiger partial charge in [-0.25, -0.2) is 4.68 Å². The highest BCUT2D eigenvalue weighted by Gasteiger charge is 2.17. The largest absolute Gasteiger partial charge is 0.369 e. The Morgan fingerprint density at radius 2 is 1.60 bits per heavy atom. The minimum absolute atomic E-state index is 0.800. The molecule has 4 nitrogen and oxygen atoms in total. The second-order valence-electron chi connectivity index (χ2n) is 8.03. The van der Waals surface area contributed by atoms with Gasteiger partial charge in [0.05, 0.1) is 11.4 Å². The SMILES string of the molecule is CCCc1cc(CCCN2CCN(c3ccc(Cl)cc3)CC2)n(-c2ccccc2)n1. The summed E-state index contributed by atoms with van der Waals surface area (Å²) in [6, 6.07) is 21.0. The van der Waals surface area contributed by atoms with Crippen LogP contribution in [0.15, 0.2) is 60.7 Å². The van der Waals surface area contributed by atoms with Crippen molar-refractivity contribution in [3.05, 3.63) is 77.1 Å². The first-order valence-corrected chi connectivity index (χ1v) is 11.5. The van der Waals surface area contributed by atoms with E-state index in [1.54, 1.807) is 0 Å². The molecule has 1 aliphatic rings. The number of hydrogen-bond acceptors (Lipinski definition) is 3. The van der Waals surface area contributed by atoms with E-state index in [1.165, 1.54) is 17.1 Å². The summed E-state index contributed by atoms with van der Waals surface area (Å²) in [6.07, 6.45) is 4.39. The monoisotopic (exact) mass is 422 g/mol. The summed E-state index contributed by atoms with van der Waals surface area (Å²) in [5, 5.41) is 5.67.